The third-order valence-electron chi connectivity index (χ3n) is 5.49. The minimum atomic E-state index is -3.65. The van der Waals surface area contributed by atoms with Gasteiger partial charge in [0.25, 0.3) is 0 Å². The van der Waals surface area contributed by atoms with Crippen LogP contribution in [0.4, 0.5) is 5.69 Å². The fourth-order valence-corrected chi connectivity index (χ4v) is 5.43. The number of nitrogens with one attached hydrogen (secondary N) is 1. The molecule has 34 heavy (non-hydrogen) atoms. The van der Waals surface area contributed by atoms with Gasteiger partial charge in [0.05, 0.1) is 32.9 Å². The number of aromatic nitrogens is 2. The minimum Gasteiger partial charge on any atom is -0.497 e. The van der Waals surface area contributed by atoms with Gasteiger partial charge in [0.15, 0.2) is 0 Å². The van der Waals surface area contributed by atoms with Crippen LogP contribution >= 0.6 is 0 Å². The largest absolute Gasteiger partial charge is 0.497 e. The highest BCUT2D eigenvalue weighted by Gasteiger charge is 2.30. The fourth-order valence-electron chi connectivity index (χ4n) is 3.76. The second-order valence-corrected chi connectivity index (χ2v) is 9.54. The van der Waals surface area contributed by atoms with Crippen LogP contribution in [0.1, 0.15) is 25.7 Å². The van der Waals surface area contributed by atoms with Crippen LogP contribution in [-0.4, -0.2) is 56.8 Å². The van der Waals surface area contributed by atoms with Crippen LogP contribution in [0, 0.1) is 0 Å². The Bertz CT molecular complexity index is 1240. The summed E-state index contributed by atoms with van der Waals surface area (Å²) in [6.45, 7) is 3.44. The van der Waals surface area contributed by atoms with E-state index in [1.54, 1.807) is 50.6 Å². The molecule has 0 amide bonds. The first-order chi connectivity index (χ1) is 16.5. The van der Waals surface area contributed by atoms with Gasteiger partial charge in [-0.1, -0.05) is 5.16 Å². The van der Waals surface area contributed by atoms with Crippen molar-refractivity contribution in [2.75, 3.05) is 39.2 Å². The van der Waals surface area contributed by atoms with E-state index in [4.69, 9.17) is 18.7 Å². The summed E-state index contributed by atoms with van der Waals surface area (Å²) in [7, 11) is -0.515. The van der Waals surface area contributed by atoms with Crippen molar-refractivity contribution in [3.63, 3.8) is 0 Å². The zero-order valence-corrected chi connectivity index (χ0v) is 20.2. The zero-order chi connectivity index (χ0) is 24.1. The summed E-state index contributed by atoms with van der Waals surface area (Å²) in [6, 6.07) is 10.3. The van der Waals surface area contributed by atoms with Crippen molar-refractivity contribution in [1.29, 1.82) is 0 Å². The molecule has 1 N–H and O–H groups in total. The van der Waals surface area contributed by atoms with Crippen LogP contribution in [0.15, 0.2) is 45.8 Å². The van der Waals surface area contributed by atoms with Crippen molar-refractivity contribution in [3.8, 4) is 28.6 Å². The van der Waals surface area contributed by atoms with Gasteiger partial charge in [-0.3, -0.25) is 0 Å². The van der Waals surface area contributed by atoms with Crippen molar-refractivity contribution in [2.45, 2.75) is 31.2 Å². The quantitative estimate of drug-likeness (QED) is 0.457. The highest BCUT2D eigenvalue weighted by Crippen LogP contribution is 2.33. The van der Waals surface area contributed by atoms with Crippen LogP contribution in [-0.2, 0) is 16.6 Å². The molecule has 0 radical (unpaired) electrons. The minimum absolute atomic E-state index is 0.149. The molecule has 10 nitrogen and oxygen atoms in total. The first-order valence-corrected chi connectivity index (χ1v) is 12.5. The number of nitrogens with zero attached hydrogens (tertiary/aromatic N) is 3. The lowest BCUT2D eigenvalue weighted by Gasteiger charge is -2.19. The van der Waals surface area contributed by atoms with Crippen LogP contribution in [0.3, 0.4) is 0 Å². The zero-order valence-electron chi connectivity index (χ0n) is 19.4. The predicted octanol–water partition coefficient (Wildman–Crippen LogP) is 3.55. The summed E-state index contributed by atoms with van der Waals surface area (Å²) in [6.07, 6.45) is 1.72. The molecule has 2 heterocycles. The maximum absolute atomic E-state index is 13.2. The molecular weight excluding hydrogens is 460 g/mol. The van der Waals surface area contributed by atoms with Crippen LogP contribution in [0.25, 0.3) is 11.4 Å². The van der Waals surface area contributed by atoms with Crippen LogP contribution < -0.4 is 19.5 Å². The summed E-state index contributed by atoms with van der Waals surface area (Å²) in [5.41, 5.74) is 1.27. The molecule has 0 spiro atoms. The Labute approximate surface area is 198 Å². The third-order valence-corrected chi connectivity index (χ3v) is 7.41. The summed E-state index contributed by atoms with van der Waals surface area (Å²) in [4.78, 5) is 4.58. The first kappa shape index (κ1) is 23.8. The number of hydrogen-bond acceptors (Lipinski definition) is 9. The highest BCUT2D eigenvalue weighted by atomic mass is 32.2. The standard InChI is InChI=1S/C23H28N4O6S/c1-4-32-19-10-7-16(13-21(19)34(28,29)27-11-5-6-12-27)24-15-22-25-23(26-33-22)18-9-8-17(30-2)14-20(18)31-3/h7-10,13-14,24H,4-6,11-12,15H2,1-3H3. The Kier molecular flexibility index (Phi) is 7.23. The molecule has 1 saturated heterocycles. The SMILES string of the molecule is CCOc1ccc(NCc2nc(-c3ccc(OC)cc3OC)no2)cc1S(=O)(=O)N1CCCC1. The molecule has 0 aliphatic carbocycles. The number of ether oxygens (including phenoxy) is 3. The van der Waals surface area contributed by atoms with E-state index in [1.165, 1.54) is 4.31 Å². The normalized spacial score (nSPS) is 14.2. The number of anilines is 1. The Morgan fingerprint density at radius 2 is 1.85 bits per heavy atom. The highest BCUT2D eigenvalue weighted by molar-refractivity contribution is 7.89. The molecule has 2 aromatic carbocycles. The fraction of sp³-hybridized carbons (Fsp3) is 0.391. The van der Waals surface area contributed by atoms with Crippen molar-refractivity contribution < 1.29 is 27.2 Å². The molecule has 0 atom stereocenters. The Hall–Kier alpha value is -3.31. The maximum Gasteiger partial charge on any atom is 0.246 e. The van der Waals surface area contributed by atoms with E-state index in [-0.39, 0.29) is 11.4 Å². The molecule has 182 valence electrons. The third kappa shape index (κ3) is 4.95. The van der Waals surface area contributed by atoms with Crippen molar-refractivity contribution in [3.05, 3.63) is 42.3 Å². The van der Waals surface area contributed by atoms with Gasteiger partial charge in [-0.15, -0.1) is 0 Å². The Morgan fingerprint density at radius 1 is 1.06 bits per heavy atom. The number of benzene rings is 2. The van der Waals surface area contributed by atoms with Gasteiger partial charge < -0.3 is 24.1 Å². The topological polar surface area (TPSA) is 116 Å². The molecule has 1 aromatic heterocycles. The molecule has 0 saturated carbocycles. The van der Waals surface area contributed by atoms with E-state index in [9.17, 15) is 8.42 Å². The molecule has 1 aliphatic rings. The second-order valence-electron chi connectivity index (χ2n) is 7.64. The van der Waals surface area contributed by atoms with Gasteiger partial charge in [-0.25, -0.2) is 8.42 Å². The molecule has 4 rings (SSSR count). The van der Waals surface area contributed by atoms with E-state index in [2.05, 4.69) is 15.5 Å². The predicted molar refractivity (Wildman–Crippen MR) is 126 cm³/mol. The average molecular weight is 489 g/mol. The monoisotopic (exact) mass is 488 g/mol. The lowest BCUT2D eigenvalue weighted by atomic mass is 10.2. The first-order valence-electron chi connectivity index (χ1n) is 11.0. The van der Waals surface area contributed by atoms with Crippen LogP contribution in [0.5, 0.6) is 17.2 Å². The molecule has 11 heteroatoms. The summed E-state index contributed by atoms with van der Waals surface area (Å²) >= 11 is 0. The van der Waals surface area contributed by atoms with Gasteiger partial charge in [0.2, 0.25) is 21.7 Å². The smallest absolute Gasteiger partial charge is 0.246 e. The molecule has 0 unspecified atom stereocenters. The molecule has 1 aliphatic heterocycles. The number of methoxy groups -OCH3 is 2. The molecular formula is C23H28N4O6S. The van der Waals surface area contributed by atoms with Crippen molar-refractivity contribution in [1.82, 2.24) is 14.4 Å². The van der Waals surface area contributed by atoms with Gasteiger partial charge >= 0.3 is 0 Å². The second kappa shape index (κ2) is 10.3. The lowest BCUT2D eigenvalue weighted by molar-refractivity contribution is 0.329. The molecule has 3 aromatic rings. The Morgan fingerprint density at radius 3 is 2.56 bits per heavy atom. The number of rotatable bonds is 10. The van der Waals surface area contributed by atoms with Crippen LogP contribution in [0.2, 0.25) is 0 Å². The number of sulfonamides is 1. The summed E-state index contributed by atoms with van der Waals surface area (Å²) in [5, 5.41) is 7.20. The van der Waals surface area contributed by atoms with Gasteiger partial charge in [-0.2, -0.15) is 9.29 Å². The van der Waals surface area contributed by atoms with Crippen molar-refractivity contribution >= 4 is 15.7 Å². The maximum atomic E-state index is 13.2. The average Bonchev–Trinajstić information content (AvgIpc) is 3.56. The van der Waals surface area contributed by atoms with E-state index in [1.807, 2.05) is 6.92 Å². The van der Waals surface area contributed by atoms with E-state index >= 15 is 0 Å². The lowest BCUT2D eigenvalue weighted by Crippen LogP contribution is -2.28. The molecule has 0 bridgehead atoms. The van der Waals surface area contributed by atoms with Gasteiger partial charge in [0, 0.05) is 24.8 Å². The summed E-state index contributed by atoms with van der Waals surface area (Å²) < 4.78 is 49.5. The van der Waals surface area contributed by atoms with E-state index in [0.717, 1.165) is 12.8 Å². The Balaban J connectivity index is 1.53. The van der Waals surface area contributed by atoms with E-state index in [0.29, 0.717) is 59.9 Å². The molecule has 1 fully saturated rings. The van der Waals surface area contributed by atoms with E-state index < -0.39 is 10.0 Å². The number of hydrogen-bond donors (Lipinski definition) is 1. The van der Waals surface area contributed by atoms with Gasteiger partial charge in [-0.05, 0) is 50.1 Å². The van der Waals surface area contributed by atoms with Crippen molar-refractivity contribution in [2.24, 2.45) is 0 Å². The van der Waals surface area contributed by atoms with Gasteiger partial charge in [0.1, 0.15) is 22.1 Å². The summed E-state index contributed by atoms with van der Waals surface area (Å²) in [5.74, 6) is 2.27.